The molecule has 0 radical (unpaired) electrons. The molecular formula is C25H34ClN3O. The van der Waals surface area contributed by atoms with Gasteiger partial charge in [0.2, 0.25) is 0 Å². The van der Waals surface area contributed by atoms with Crippen molar-refractivity contribution in [2.75, 3.05) is 0 Å². The number of hydrogen-bond acceptors (Lipinski definition) is 2. The molecule has 1 N–H and O–H groups in total. The lowest BCUT2D eigenvalue weighted by Crippen LogP contribution is -2.36. The van der Waals surface area contributed by atoms with E-state index in [1.54, 1.807) is 0 Å². The fourth-order valence-electron chi connectivity index (χ4n) is 5.18. The molecule has 1 aromatic heterocycles. The van der Waals surface area contributed by atoms with Crippen molar-refractivity contribution in [2.45, 2.75) is 90.6 Å². The molecule has 4 rings (SSSR count). The highest BCUT2D eigenvalue weighted by Crippen LogP contribution is 2.32. The third kappa shape index (κ3) is 4.74. The van der Waals surface area contributed by atoms with Crippen LogP contribution < -0.4 is 5.32 Å². The first-order valence-electron chi connectivity index (χ1n) is 11.7. The molecule has 0 unspecified atom stereocenters. The van der Waals surface area contributed by atoms with Crippen molar-refractivity contribution in [3.8, 4) is 11.4 Å². The molecule has 2 fully saturated rings. The Morgan fingerprint density at radius 1 is 1.07 bits per heavy atom. The van der Waals surface area contributed by atoms with Crippen molar-refractivity contribution in [3.63, 3.8) is 0 Å². The maximum absolute atomic E-state index is 13.2. The van der Waals surface area contributed by atoms with Crippen LogP contribution in [0.3, 0.4) is 0 Å². The fraction of sp³-hybridized carbons (Fsp3) is 0.600. The second-order valence-corrected chi connectivity index (χ2v) is 9.69. The molecule has 0 saturated heterocycles. The third-order valence-electron chi connectivity index (χ3n) is 6.97. The summed E-state index contributed by atoms with van der Waals surface area (Å²) >= 11 is 6.20. The first-order chi connectivity index (χ1) is 14.5. The van der Waals surface area contributed by atoms with Gasteiger partial charge in [0.1, 0.15) is 11.5 Å². The lowest BCUT2D eigenvalue weighted by molar-refractivity contribution is 0.0922. The predicted octanol–water partition coefficient (Wildman–Crippen LogP) is 6.46. The molecule has 1 amide bonds. The van der Waals surface area contributed by atoms with Crippen molar-refractivity contribution in [1.82, 2.24) is 14.9 Å². The van der Waals surface area contributed by atoms with Crippen LogP contribution in [0.4, 0.5) is 0 Å². The highest BCUT2D eigenvalue weighted by atomic mass is 35.5. The molecular weight excluding hydrogens is 394 g/mol. The van der Waals surface area contributed by atoms with E-state index in [1.165, 1.54) is 51.4 Å². The first kappa shape index (κ1) is 21.4. The fourth-order valence-corrected chi connectivity index (χ4v) is 5.41. The highest BCUT2D eigenvalue weighted by molar-refractivity contribution is 6.30. The molecule has 5 heteroatoms. The van der Waals surface area contributed by atoms with E-state index in [0.717, 1.165) is 47.1 Å². The Labute approximate surface area is 185 Å². The maximum Gasteiger partial charge on any atom is 0.271 e. The second-order valence-electron chi connectivity index (χ2n) is 9.25. The van der Waals surface area contributed by atoms with Crippen LogP contribution in [0.25, 0.3) is 11.4 Å². The van der Waals surface area contributed by atoms with Crippen LogP contribution in [0.1, 0.15) is 86.0 Å². The van der Waals surface area contributed by atoms with Gasteiger partial charge in [-0.3, -0.25) is 4.79 Å². The van der Waals surface area contributed by atoms with Crippen molar-refractivity contribution in [2.24, 2.45) is 5.92 Å². The van der Waals surface area contributed by atoms with Crippen molar-refractivity contribution in [3.05, 3.63) is 40.2 Å². The smallest absolute Gasteiger partial charge is 0.271 e. The summed E-state index contributed by atoms with van der Waals surface area (Å²) in [6.45, 7) is 5.06. The standard InChI is InChI=1S/C25H34ClN3O/c1-17-15-20(26)13-14-22(17)24-28-23(25(30)27-21-11-7-4-8-12-21)18(2)29(24)16-19-9-5-3-6-10-19/h13-15,19,21H,3-12,16H2,1-2H3,(H,27,30). The topological polar surface area (TPSA) is 46.9 Å². The molecule has 4 nitrogen and oxygen atoms in total. The summed E-state index contributed by atoms with van der Waals surface area (Å²) in [6, 6.07) is 6.23. The van der Waals surface area contributed by atoms with Crippen molar-refractivity contribution >= 4 is 17.5 Å². The van der Waals surface area contributed by atoms with E-state index in [4.69, 9.17) is 16.6 Å². The van der Waals surface area contributed by atoms with Crippen LogP contribution in [0.15, 0.2) is 18.2 Å². The SMILES string of the molecule is Cc1cc(Cl)ccc1-c1nc(C(=O)NC2CCCCC2)c(C)n1CC1CCCCC1. The van der Waals surface area contributed by atoms with E-state index in [0.29, 0.717) is 11.6 Å². The minimum absolute atomic E-state index is 0.0188. The van der Waals surface area contributed by atoms with Gasteiger partial charge in [-0.1, -0.05) is 50.1 Å². The number of nitrogens with zero attached hydrogens (tertiary/aromatic N) is 2. The maximum atomic E-state index is 13.2. The average molecular weight is 428 g/mol. The monoisotopic (exact) mass is 427 g/mol. The number of rotatable bonds is 5. The second kappa shape index (κ2) is 9.55. The van der Waals surface area contributed by atoms with Crippen LogP contribution >= 0.6 is 11.6 Å². The molecule has 30 heavy (non-hydrogen) atoms. The van der Waals surface area contributed by atoms with Gasteiger partial charge in [0.15, 0.2) is 0 Å². The Kier molecular flexibility index (Phi) is 6.82. The summed E-state index contributed by atoms with van der Waals surface area (Å²) in [5, 5.41) is 3.99. The van der Waals surface area contributed by atoms with E-state index in [1.807, 2.05) is 18.2 Å². The Morgan fingerprint density at radius 3 is 2.40 bits per heavy atom. The number of benzene rings is 1. The van der Waals surface area contributed by atoms with Gasteiger partial charge < -0.3 is 9.88 Å². The lowest BCUT2D eigenvalue weighted by Gasteiger charge is -2.24. The number of nitrogens with one attached hydrogen (secondary N) is 1. The first-order valence-corrected chi connectivity index (χ1v) is 12.0. The molecule has 0 spiro atoms. The van der Waals surface area contributed by atoms with Crippen molar-refractivity contribution in [1.29, 1.82) is 0 Å². The van der Waals surface area contributed by atoms with Gasteiger partial charge in [-0.05, 0) is 69.2 Å². The molecule has 162 valence electrons. The molecule has 2 aromatic rings. The average Bonchev–Trinajstić information content (AvgIpc) is 3.06. The molecule has 1 heterocycles. The predicted molar refractivity (Wildman–Crippen MR) is 123 cm³/mol. The molecule has 0 aliphatic heterocycles. The van der Waals surface area contributed by atoms with E-state index >= 15 is 0 Å². The van der Waals surface area contributed by atoms with E-state index in [2.05, 4.69) is 23.7 Å². The summed E-state index contributed by atoms with van der Waals surface area (Å²) in [5.74, 6) is 1.54. The van der Waals surface area contributed by atoms with Crippen LogP contribution in [0.2, 0.25) is 5.02 Å². The third-order valence-corrected chi connectivity index (χ3v) is 7.21. The summed E-state index contributed by atoms with van der Waals surface area (Å²) in [7, 11) is 0. The minimum Gasteiger partial charge on any atom is -0.348 e. The zero-order valence-corrected chi connectivity index (χ0v) is 19.1. The van der Waals surface area contributed by atoms with Gasteiger partial charge >= 0.3 is 0 Å². The molecule has 2 aliphatic rings. The number of halogens is 1. The number of carbonyl (C=O) groups is 1. The normalized spacial score (nSPS) is 18.5. The summed E-state index contributed by atoms with van der Waals surface area (Å²) < 4.78 is 2.29. The van der Waals surface area contributed by atoms with Gasteiger partial charge in [-0.25, -0.2) is 4.98 Å². The summed E-state index contributed by atoms with van der Waals surface area (Å²) in [6.07, 6.45) is 12.3. The van der Waals surface area contributed by atoms with Crippen molar-refractivity contribution < 1.29 is 4.79 Å². The Hall–Kier alpha value is -1.81. The molecule has 1 aromatic carbocycles. The van der Waals surface area contributed by atoms with E-state index < -0.39 is 0 Å². The number of aromatic nitrogens is 2. The van der Waals surface area contributed by atoms with Gasteiger partial charge in [0, 0.05) is 28.9 Å². The van der Waals surface area contributed by atoms with E-state index in [9.17, 15) is 4.79 Å². The minimum atomic E-state index is -0.0188. The Balaban J connectivity index is 1.67. The number of hydrogen-bond donors (Lipinski definition) is 1. The lowest BCUT2D eigenvalue weighted by atomic mass is 9.89. The molecule has 0 atom stereocenters. The molecule has 2 saturated carbocycles. The summed E-state index contributed by atoms with van der Waals surface area (Å²) in [4.78, 5) is 18.1. The Bertz CT molecular complexity index is 892. The number of carbonyl (C=O) groups excluding carboxylic acids is 1. The van der Waals surface area contributed by atoms with Gasteiger partial charge in [0.05, 0.1) is 0 Å². The van der Waals surface area contributed by atoms with Crippen LogP contribution in [0, 0.1) is 19.8 Å². The molecule has 0 bridgehead atoms. The molecule has 2 aliphatic carbocycles. The quantitative estimate of drug-likeness (QED) is 0.594. The number of aryl methyl sites for hydroxylation is 1. The highest BCUT2D eigenvalue weighted by Gasteiger charge is 2.26. The number of amides is 1. The van der Waals surface area contributed by atoms with Gasteiger partial charge in [0.25, 0.3) is 5.91 Å². The summed E-state index contributed by atoms with van der Waals surface area (Å²) in [5.41, 5.74) is 3.73. The van der Waals surface area contributed by atoms with Crippen LogP contribution in [-0.2, 0) is 6.54 Å². The number of imidazole rings is 1. The van der Waals surface area contributed by atoms with E-state index in [-0.39, 0.29) is 11.9 Å². The Morgan fingerprint density at radius 2 is 1.73 bits per heavy atom. The van der Waals surface area contributed by atoms with Crippen LogP contribution in [-0.4, -0.2) is 21.5 Å². The zero-order chi connectivity index (χ0) is 21.1. The largest absolute Gasteiger partial charge is 0.348 e. The van der Waals surface area contributed by atoms with Gasteiger partial charge in [-0.2, -0.15) is 0 Å². The van der Waals surface area contributed by atoms with Gasteiger partial charge in [-0.15, -0.1) is 0 Å². The zero-order valence-electron chi connectivity index (χ0n) is 18.3. The van der Waals surface area contributed by atoms with Crippen LogP contribution in [0.5, 0.6) is 0 Å².